The molecule has 1 saturated heterocycles. The summed E-state index contributed by atoms with van der Waals surface area (Å²) in [5, 5.41) is 3.16. The number of morpholine rings is 1. The third kappa shape index (κ3) is 3.87. The van der Waals surface area contributed by atoms with Crippen molar-refractivity contribution in [1.82, 2.24) is 15.3 Å². The van der Waals surface area contributed by atoms with Crippen LogP contribution in [0.5, 0.6) is 0 Å². The number of anilines is 1. The molecule has 134 valence electrons. The average Bonchev–Trinajstić information content (AvgIpc) is 3.26. The summed E-state index contributed by atoms with van der Waals surface area (Å²) in [4.78, 5) is 7.28. The van der Waals surface area contributed by atoms with E-state index in [0.29, 0.717) is 6.04 Å². The minimum Gasteiger partial charge on any atom is -0.379 e. The van der Waals surface area contributed by atoms with Gasteiger partial charge in [-0.2, -0.15) is 0 Å². The summed E-state index contributed by atoms with van der Waals surface area (Å²) >= 11 is 1.74. The zero-order valence-electron chi connectivity index (χ0n) is 14.8. The zero-order chi connectivity index (χ0) is 17.1. The van der Waals surface area contributed by atoms with E-state index in [2.05, 4.69) is 46.7 Å². The first kappa shape index (κ1) is 17.0. The standard InChI is InChI=1S/C19H26N4OS/c1-2-15-14-23(19-20-17-6-3-4-8-18(17)25-19)21-16(15)7-5-9-22-10-12-24-13-11-22/h3-4,6,8,14,16,21H,2,5,7,9-13H2,1H3. The lowest BCUT2D eigenvalue weighted by Gasteiger charge is -2.27. The van der Waals surface area contributed by atoms with E-state index in [1.807, 2.05) is 6.07 Å². The quantitative estimate of drug-likeness (QED) is 0.857. The zero-order valence-corrected chi connectivity index (χ0v) is 15.6. The van der Waals surface area contributed by atoms with Crippen LogP contribution in [0.1, 0.15) is 26.2 Å². The molecule has 1 N–H and O–H groups in total. The fourth-order valence-corrected chi connectivity index (χ4v) is 4.46. The van der Waals surface area contributed by atoms with Crippen LogP contribution < -0.4 is 10.4 Å². The molecular weight excluding hydrogens is 332 g/mol. The van der Waals surface area contributed by atoms with E-state index in [1.165, 1.54) is 29.7 Å². The van der Waals surface area contributed by atoms with Crippen LogP contribution in [-0.4, -0.2) is 48.8 Å². The van der Waals surface area contributed by atoms with Gasteiger partial charge in [-0.3, -0.25) is 9.91 Å². The van der Waals surface area contributed by atoms with E-state index < -0.39 is 0 Å². The Labute approximate surface area is 153 Å². The number of nitrogens with zero attached hydrogens (tertiary/aromatic N) is 3. The molecule has 6 heteroatoms. The summed E-state index contributed by atoms with van der Waals surface area (Å²) in [6.45, 7) is 7.32. The van der Waals surface area contributed by atoms with Crippen molar-refractivity contribution in [3.05, 3.63) is 36.0 Å². The molecule has 5 nitrogen and oxygen atoms in total. The van der Waals surface area contributed by atoms with Crippen molar-refractivity contribution in [2.45, 2.75) is 32.2 Å². The maximum atomic E-state index is 5.43. The second-order valence-corrected chi connectivity index (χ2v) is 7.68. The van der Waals surface area contributed by atoms with Gasteiger partial charge in [0, 0.05) is 25.3 Å². The van der Waals surface area contributed by atoms with Gasteiger partial charge in [-0.1, -0.05) is 30.4 Å². The molecule has 0 radical (unpaired) electrons. The molecule has 2 aromatic rings. The van der Waals surface area contributed by atoms with Gasteiger partial charge >= 0.3 is 0 Å². The topological polar surface area (TPSA) is 40.6 Å². The fraction of sp³-hybridized carbons (Fsp3) is 0.526. The summed E-state index contributed by atoms with van der Waals surface area (Å²) in [6, 6.07) is 8.76. The highest BCUT2D eigenvalue weighted by atomic mass is 32.1. The lowest BCUT2D eigenvalue weighted by atomic mass is 10.0. The number of thiazole rings is 1. The summed E-state index contributed by atoms with van der Waals surface area (Å²) in [7, 11) is 0. The molecule has 1 unspecified atom stereocenters. The number of ether oxygens (including phenoxy) is 1. The van der Waals surface area contributed by atoms with Crippen LogP contribution >= 0.6 is 11.3 Å². The predicted molar refractivity (Wildman–Crippen MR) is 104 cm³/mol. The maximum Gasteiger partial charge on any atom is 0.205 e. The second-order valence-electron chi connectivity index (χ2n) is 6.67. The highest BCUT2D eigenvalue weighted by Gasteiger charge is 2.25. The Morgan fingerprint density at radius 3 is 2.92 bits per heavy atom. The number of para-hydroxylation sites is 1. The van der Waals surface area contributed by atoms with Gasteiger partial charge in [0.1, 0.15) is 0 Å². The highest BCUT2D eigenvalue weighted by Crippen LogP contribution is 2.31. The van der Waals surface area contributed by atoms with Crippen molar-refractivity contribution in [1.29, 1.82) is 0 Å². The van der Waals surface area contributed by atoms with Gasteiger partial charge in [0.25, 0.3) is 0 Å². The number of benzene rings is 1. The first-order valence-corrected chi connectivity index (χ1v) is 10.1. The van der Waals surface area contributed by atoms with Crippen LogP contribution in [0.3, 0.4) is 0 Å². The minimum atomic E-state index is 0.429. The van der Waals surface area contributed by atoms with Gasteiger partial charge in [-0.15, -0.1) is 0 Å². The van der Waals surface area contributed by atoms with Crippen LogP contribution in [0.15, 0.2) is 36.0 Å². The Morgan fingerprint density at radius 1 is 1.28 bits per heavy atom. The first-order chi connectivity index (χ1) is 12.3. The predicted octanol–water partition coefficient (Wildman–Crippen LogP) is 3.40. The molecule has 1 atom stereocenters. The fourth-order valence-electron chi connectivity index (χ4n) is 3.55. The summed E-state index contributed by atoms with van der Waals surface area (Å²) in [5.41, 5.74) is 6.20. The van der Waals surface area contributed by atoms with Gasteiger partial charge in [0.15, 0.2) is 0 Å². The Balaban J connectivity index is 1.37. The number of fused-ring (bicyclic) bond motifs is 1. The third-order valence-electron chi connectivity index (χ3n) is 5.01. The van der Waals surface area contributed by atoms with Crippen LogP contribution in [0.2, 0.25) is 0 Å². The Morgan fingerprint density at radius 2 is 2.12 bits per heavy atom. The van der Waals surface area contributed by atoms with E-state index in [9.17, 15) is 0 Å². The smallest absolute Gasteiger partial charge is 0.205 e. The third-order valence-corrected chi connectivity index (χ3v) is 6.04. The molecule has 0 bridgehead atoms. The number of hydrogen-bond acceptors (Lipinski definition) is 6. The second kappa shape index (κ2) is 7.83. The summed E-state index contributed by atoms with van der Waals surface area (Å²) in [5.74, 6) is 0. The molecule has 4 rings (SSSR count). The lowest BCUT2D eigenvalue weighted by Crippen LogP contribution is -2.39. The largest absolute Gasteiger partial charge is 0.379 e. The van der Waals surface area contributed by atoms with Crippen LogP contribution in [0.25, 0.3) is 10.2 Å². The van der Waals surface area contributed by atoms with Crippen molar-refractivity contribution in [2.75, 3.05) is 37.9 Å². The minimum absolute atomic E-state index is 0.429. The van der Waals surface area contributed by atoms with Gasteiger partial charge in [-0.05, 0) is 43.5 Å². The van der Waals surface area contributed by atoms with E-state index in [0.717, 1.165) is 43.4 Å². The molecule has 2 aliphatic heterocycles. The van der Waals surface area contributed by atoms with Gasteiger partial charge in [0.05, 0.1) is 23.4 Å². The molecule has 1 aromatic heterocycles. The molecule has 2 aliphatic rings. The Bertz CT molecular complexity index is 705. The average molecular weight is 359 g/mol. The van der Waals surface area contributed by atoms with Gasteiger partial charge in [-0.25, -0.2) is 10.4 Å². The summed E-state index contributed by atoms with van der Waals surface area (Å²) in [6.07, 6.45) is 5.70. The van der Waals surface area contributed by atoms with Crippen molar-refractivity contribution < 1.29 is 4.74 Å². The molecule has 0 amide bonds. The normalized spacial score (nSPS) is 21.9. The monoisotopic (exact) mass is 358 g/mol. The molecule has 1 aromatic carbocycles. The first-order valence-electron chi connectivity index (χ1n) is 9.25. The maximum absolute atomic E-state index is 5.43. The number of hydrazine groups is 1. The van der Waals surface area contributed by atoms with E-state index in [1.54, 1.807) is 11.3 Å². The molecule has 25 heavy (non-hydrogen) atoms. The van der Waals surface area contributed by atoms with Gasteiger partial charge < -0.3 is 4.74 Å². The number of aromatic nitrogens is 1. The van der Waals surface area contributed by atoms with Crippen LogP contribution in [0.4, 0.5) is 5.13 Å². The van der Waals surface area contributed by atoms with E-state index in [4.69, 9.17) is 9.72 Å². The SMILES string of the molecule is CCC1=CN(c2nc3ccccc3s2)NC1CCCN1CCOCC1. The van der Waals surface area contributed by atoms with Crippen molar-refractivity contribution >= 4 is 26.7 Å². The lowest BCUT2D eigenvalue weighted by molar-refractivity contribution is 0.0370. The molecule has 0 aliphatic carbocycles. The van der Waals surface area contributed by atoms with Crippen molar-refractivity contribution in [3.63, 3.8) is 0 Å². The molecule has 1 fully saturated rings. The highest BCUT2D eigenvalue weighted by molar-refractivity contribution is 7.22. The summed E-state index contributed by atoms with van der Waals surface area (Å²) < 4.78 is 6.66. The Kier molecular flexibility index (Phi) is 5.31. The molecule has 0 saturated carbocycles. The number of rotatable bonds is 6. The molecular formula is C19H26N4OS. The van der Waals surface area contributed by atoms with Crippen molar-refractivity contribution in [3.8, 4) is 0 Å². The van der Waals surface area contributed by atoms with E-state index in [-0.39, 0.29) is 0 Å². The van der Waals surface area contributed by atoms with Crippen LogP contribution in [-0.2, 0) is 4.74 Å². The van der Waals surface area contributed by atoms with Crippen molar-refractivity contribution in [2.24, 2.45) is 0 Å². The number of hydrogen-bond donors (Lipinski definition) is 1. The molecule has 0 spiro atoms. The van der Waals surface area contributed by atoms with Gasteiger partial charge in [0.2, 0.25) is 5.13 Å². The van der Waals surface area contributed by atoms with E-state index >= 15 is 0 Å². The molecule has 3 heterocycles. The van der Waals surface area contributed by atoms with Crippen LogP contribution in [0, 0.1) is 0 Å². The Hall–Kier alpha value is -1.47. The number of nitrogens with one attached hydrogen (secondary N) is 1.